The zero-order chi connectivity index (χ0) is 17.2. The highest BCUT2D eigenvalue weighted by Gasteiger charge is 2.39. The van der Waals surface area contributed by atoms with Crippen LogP contribution in [0.4, 0.5) is 5.69 Å². The monoisotopic (exact) mass is 335 g/mol. The molecule has 0 fully saturated rings. The Morgan fingerprint density at radius 3 is 2.68 bits per heavy atom. The molecule has 0 radical (unpaired) electrons. The molecule has 2 aromatic rings. The maximum absolute atomic E-state index is 5.90. The summed E-state index contributed by atoms with van der Waals surface area (Å²) in [6.45, 7) is 5.44. The van der Waals surface area contributed by atoms with E-state index in [0.29, 0.717) is 25.0 Å². The topological polar surface area (TPSA) is 30.5 Å². The summed E-state index contributed by atoms with van der Waals surface area (Å²) in [5, 5.41) is 3.78. The fourth-order valence-corrected chi connectivity index (χ4v) is 4.16. The Kier molecular flexibility index (Phi) is 4.39. The van der Waals surface area contributed by atoms with Crippen molar-refractivity contribution < 1.29 is 9.47 Å². The van der Waals surface area contributed by atoms with Crippen LogP contribution in [-0.2, 0) is 0 Å². The number of hydrogen-bond donors (Lipinski definition) is 1. The smallest absolute Gasteiger partial charge is 0.124 e. The van der Waals surface area contributed by atoms with Gasteiger partial charge in [0.15, 0.2) is 0 Å². The molecule has 2 aromatic carbocycles. The second-order valence-corrected chi connectivity index (χ2v) is 6.63. The molecule has 3 heteroatoms. The van der Waals surface area contributed by atoms with E-state index in [-0.39, 0.29) is 6.04 Å². The van der Waals surface area contributed by atoms with Crippen molar-refractivity contribution in [2.45, 2.75) is 32.2 Å². The SMILES string of the molecule is CCOc1ccc2c(c1)C1C=CCC1C(c1ccccc1OCC)N2. The average molecular weight is 335 g/mol. The van der Waals surface area contributed by atoms with E-state index < -0.39 is 0 Å². The molecule has 0 spiro atoms. The first-order chi connectivity index (χ1) is 12.3. The molecule has 3 atom stereocenters. The number of benzene rings is 2. The van der Waals surface area contributed by atoms with Crippen molar-refractivity contribution >= 4 is 5.69 Å². The zero-order valence-corrected chi connectivity index (χ0v) is 14.9. The summed E-state index contributed by atoms with van der Waals surface area (Å²) in [6, 6.07) is 15.1. The number of nitrogens with one attached hydrogen (secondary N) is 1. The minimum atomic E-state index is 0.258. The van der Waals surface area contributed by atoms with Crippen LogP contribution < -0.4 is 14.8 Å². The van der Waals surface area contributed by atoms with Gasteiger partial charge < -0.3 is 14.8 Å². The Hall–Kier alpha value is -2.42. The average Bonchev–Trinajstić information content (AvgIpc) is 3.12. The van der Waals surface area contributed by atoms with Crippen LogP contribution >= 0.6 is 0 Å². The number of rotatable bonds is 5. The van der Waals surface area contributed by atoms with Crippen molar-refractivity contribution in [1.82, 2.24) is 0 Å². The number of allylic oxidation sites excluding steroid dienone is 2. The lowest BCUT2D eigenvalue weighted by Gasteiger charge is -2.38. The van der Waals surface area contributed by atoms with Gasteiger partial charge in [0.25, 0.3) is 0 Å². The maximum Gasteiger partial charge on any atom is 0.124 e. The van der Waals surface area contributed by atoms with Gasteiger partial charge in [0.05, 0.1) is 19.3 Å². The van der Waals surface area contributed by atoms with E-state index in [1.165, 1.54) is 16.8 Å². The minimum Gasteiger partial charge on any atom is -0.494 e. The summed E-state index contributed by atoms with van der Waals surface area (Å²) >= 11 is 0. The molecule has 0 aromatic heterocycles. The van der Waals surface area contributed by atoms with Gasteiger partial charge in [-0.2, -0.15) is 0 Å². The van der Waals surface area contributed by atoms with Gasteiger partial charge in [-0.1, -0.05) is 30.4 Å². The molecule has 1 N–H and O–H groups in total. The fraction of sp³-hybridized carbons (Fsp3) is 0.364. The highest BCUT2D eigenvalue weighted by Crippen LogP contribution is 2.51. The molecule has 4 rings (SSSR count). The first-order valence-corrected chi connectivity index (χ1v) is 9.23. The standard InChI is InChI=1S/C22H25NO2/c1-3-24-15-12-13-20-19(14-15)16-9-7-10-17(16)22(23-20)18-8-5-6-11-21(18)25-4-2/h5-9,11-14,16-17,22-23H,3-4,10H2,1-2H3. The van der Waals surface area contributed by atoms with Crippen LogP contribution in [0.5, 0.6) is 11.5 Å². The summed E-state index contributed by atoms with van der Waals surface area (Å²) in [4.78, 5) is 0. The molecule has 130 valence electrons. The van der Waals surface area contributed by atoms with Crippen molar-refractivity contribution in [3.05, 3.63) is 65.7 Å². The molecule has 1 aliphatic carbocycles. The molecule has 3 nitrogen and oxygen atoms in total. The molecule has 2 aliphatic rings. The van der Waals surface area contributed by atoms with Crippen molar-refractivity contribution in [2.75, 3.05) is 18.5 Å². The molecular formula is C22H25NO2. The van der Waals surface area contributed by atoms with Crippen LogP contribution in [0, 0.1) is 5.92 Å². The molecule has 25 heavy (non-hydrogen) atoms. The highest BCUT2D eigenvalue weighted by molar-refractivity contribution is 5.62. The first-order valence-electron chi connectivity index (χ1n) is 9.23. The molecule has 0 saturated carbocycles. The maximum atomic E-state index is 5.90. The van der Waals surface area contributed by atoms with Crippen molar-refractivity contribution in [2.24, 2.45) is 5.92 Å². The number of ether oxygens (including phenoxy) is 2. The number of fused-ring (bicyclic) bond motifs is 3. The van der Waals surface area contributed by atoms with E-state index in [1.807, 2.05) is 19.9 Å². The number of anilines is 1. The summed E-state index contributed by atoms with van der Waals surface area (Å²) in [6.07, 6.45) is 5.76. The van der Waals surface area contributed by atoms with E-state index in [4.69, 9.17) is 9.47 Å². The third-order valence-corrected chi connectivity index (χ3v) is 5.20. The second kappa shape index (κ2) is 6.83. The highest BCUT2D eigenvalue weighted by atomic mass is 16.5. The van der Waals surface area contributed by atoms with Gasteiger partial charge in [0.1, 0.15) is 11.5 Å². The Bertz CT molecular complexity index is 783. The van der Waals surface area contributed by atoms with Crippen LogP contribution in [0.25, 0.3) is 0 Å². The van der Waals surface area contributed by atoms with E-state index >= 15 is 0 Å². The predicted octanol–water partition coefficient (Wildman–Crippen LogP) is 5.31. The van der Waals surface area contributed by atoms with Gasteiger partial charge in [-0.15, -0.1) is 0 Å². The molecule has 0 bridgehead atoms. The Morgan fingerprint density at radius 1 is 1.00 bits per heavy atom. The quantitative estimate of drug-likeness (QED) is 0.751. The van der Waals surface area contributed by atoms with Crippen molar-refractivity contribution in [1.29, 1.82) is 0 Å². The summed E-state index contributed by atoms with van der Waals surface area (Å²) in [5.74, 6) is 2.88. The lowest BCUT2D eigenvalue weighted by atomic mass is 9.77. The molecule has 1 aliphatic heterocycles. The molecule has 3 unspecified atom stereocenters. The van der Waals surface area contributed by atoms with Crippen LogP contribution in [-0.4, -0.2) is 13.2 Å². The Balaban J connectivity index is 1.73. The normalized spacial score (nSPS) is 23.5. The third kappa shape index (κ3) is 2.88. The minimum absolute atomic E-state index is 0.258. The lowest BCUT2D eigenvalue weighted by Crippen LogP contribution is -2.29. The van der Waals surface area contributed by atoms with E-state index in [1.54, 1.807) is 0 Å². The summed E-state index contributed by atoms with van der Waals surface area (Å²) in [7, 11) is 0. The van der Waals surface area contributed by atoms with Crippen LogP contribution in [0.1, 0.15) is 43.4 Å². The molecule has 0 saturated heterocycles. The van der Waals surface area contributed by atoms with Crippen molar-refractivity contribution in [3.63, 3.8) is 0 Å². The van der Waals surface area contributed by atoms with Crippen LogP contribution in [0.15, 0.2) is 54.6 Å². The Labute approximate surface area is 149 Å². The molecule has 0 amide bonds. The van der Waals surface area contributed by atoms with Gasteiger partial charge in [-0.3, -0.25) is 0 Å². The molecular weight excluding hydrogens is 310 g/mol. The van der Waals surface area contributed by atoms with E-state index in [2.05, 4.69) is 53.9 Å². The second-order valence-electron chi connectivity index (χ2n) is 6.63. The number of para-hydroxylation sites is 1. The fourth-order valence-electron chi connectivity index (χ4n) is 4.16. The Morgan fingerprint density at radius 2 is 1.84 bits per heavy atom. The third-order valence-electron chi connectivity index (χ3n) is 5.20. The first kappa shape index (κ1) is 16.1. The van der Waals surface area contributed by atoms with Gasteiger partial charge >= 0.3 is 0 Å². The summed E-state index contributed by atoms with van der Waals surface area (Å²) in [5.41, 5.74) is 3.80. The van der Waals surface area contributed by atoms with E-state index in [9.17, 15) is 0 Å². The number of hydrogen-bond acceptors (Lipinski definition) is 3. The largest absolute Gasteiger partial charge is 0.494 e. The predicted molar refractivity (Wildman–Crippen MR) is 102 cm³/mol. The van der Waals surface area contributed by atoms with Crippen LogP contribution in [0.3, 0.4) is 0 Å². The van der Waals surface area contributed by atoms with E-state index in [0.717, 1.165) is 17.9 Å². The van der Waals surface area contributed by atoms with Gasteiger partial charge in [0.2, 0.25) is 0 Å². The molecule has 1 heterocycles. The van der Waals surface area contributed by atoms with Gasteiger partial charge in [0, 0.05) is 17.2 Å². The van der Waals surface area contributed by atoms with Crippen LogP contribution in [0.2, 0.25) is 0 Å². The van der Waals surface area contributed by atoms with Gasteiger partial charge in [-0.05, 0) is 56.0 Å². The lowest BCUT2D eigenvalue weighted by molar-refractivity contribution is 0.325. The summed E-state index contributed by atoms with van der Waals surface area (Å²) < 4.78 is 11.6. The van der Waals surface area contributed by atoms with Gasteiger partial charge in [-0.25, -0.2) is 0 Å². The zero-order valence-electron chi connectivity index (χ0n) is 14.9. The van der Waals surface area contributed by atoms with Crippen molar-refractivity contribution in [3.8, 4) is 11.5 Å².